The Bertz CT molecular complexity index is 818. The Kier molecular flexibility index (Phi) is 7.20. The summed E-state index contributed by atoms with van der Waals surface area (Å²) in [7, 11) is 0. The molecule has 1 atom stereocenters. The highest BCUT2D eigenvalue weighted by molar-refractivity contribution is 7.80. The van der Waals surface area contributed by atoms with Gasteiger partial charge in [0.1, 0.15) is 5.75 Å². The van der Waals surface area contributed by atoms with Crippen molar-refractivity contribution < 1.29 is 14.3 Å². The topological polar surface area (TPSA) is 79.5 Å². The molecule has 0 bridgehead atoms. The van der Waals surface area contributed by atoms with Gasteiger partial charge in [-0.1, -0.05) is 41.4 Å². The summed E-state index contributed by atoms with van der Waals surface area (Å²) in [5, 5.41) is 3.08. The van der Waals surface area contributed by atoms with E-state index in [1.807, 2.05) is 0 Å². The van der Waals surface area contributed by atoms with Crippen LogP contribution in [0.1, 0.15) is 17.3 Å². The predicted molar refractivity (Wildman–Crippen MR) is 104 cm³/mol. The second-order valence-corrected chi connectivity index (χ2v) is 6.35. The predicted octanol–water partition coefficient (Wildman–Crippen LogP) is 3.10. The van der Waals surface area contributed by atoms with E-state index >= 15 is 0 Å². The average Bonchev–Trinajstić information content (AvgIpc) is 2.62. The van der Waals surface area contributed by atoms with Gasteiger partial charge in [-0.05, 0) is 49.5 Å². The number of carbonyl (C=O) groups excluding carboxylic acids is 2. The molecule has 0 radical (unpaired) electrons. The molecule has 0 heterocycles. The lowest BCUT2D eigenvalue weighted by Crippen LogP contribution is -2.51. The van der Waals surface area contributed by atoms with Crippen LogP contribution in [0.5, 0.6) is 5.75 Å². The third-order valence-corrected chi connectivity index (χ3v) is 3.86. The molecule has 0 saturated heterocycles. The van der Waals surface area contributed by atoms with Crippen molar-refractivity contribution in [1.29, 1.82) is 0 Å². The van der Waals surface area contributed by atoms with Gasteiger partial charge in [-0.25, -0.2) is 0 Å². The van der Waals surface area contributed by atoms with Crippen molar-refractivity contribution in [2.24, 2.45) is 0 Å². The first-order chi connectivity index (χ1) is 12.4. The summed E-state index contributed by atoms with van der Waals surface area (Å²) >= 11 is 16.8. The summed E-state index contributed by atoms with van der Waals surface area (Å²) < 4.78 is 5.48. The molecule has 0 saturated carbocycles. The zero-order valence-electron chi connectivity index (χ0n) is 13.6. The zero-order chi connectivity index (χ0) is 19.1. The van der Waals surface area contributed by atoms with Crippen molar-refractivity contribution in [3.8, 4) is 5.75 Å². The van der Waals surface area contributed by atoms with Crippen LogP contribution in [0.3, 0.4) is 0 Å². The maximum atomic E-state index is 12.1. The van der Waals surface area contributed by atoms with E-state index in [0.29, 0.717) is 16.3 Å². The molecule has 9 heteroatoms. The van der Waals surface area contributed by atoms with Crippen LogP contribution < -0.4 is 20.9 Å². The van der Waals surface area contributed by atoms with Gasteiger partial charge in [-0.3, -0.25) is 25.8 Å². The van der Waals surface area contributed by atoms with E-state index in [4.69, 9.17) is 40.2 Å². The Morgan fingerprint density at radius 2 is 1.77 bits per heavy atom. The summed E-state index contributed by atoms with van der Waals surface area (Å²) in [4.78, 5) is 24.0. The fraction of sp³-hybridized carbons (Fsp3) is 0.118. The van der Waals surface area contributed by atoms with Gasteiger partial charge in [-0.2, -0.15) is 0 Å². The Hall–Kier alpha value is -2.35. The summed E-state index contributed by atoms with van der Waals surface area (Å²) in [6, 6.07) is 13.2. The second kappa shape index (κ2) is 9.38. The summed E-state index contributed by atoms with van der Waals surface area (Å²) in [5.41, 5.74) is 5.28. The van der Waals surface area contributed by atoms with Crippen molar-refractivity contribution in [3.63, 3.8) is 0 Å². The standard InChI is InChI=1S/C17H15Cl2N3O3S/c1-10(25-14-8-7-12(18)9-13(14)19)15(23)20-17(26)22-21-16(24)11-5-3-2-4-6-11/h2-10H,1H3,(H,21,24)(H2,20,22,23,26). The van der Waals surface area contributed by atoms with Crippen LogP contribution in [-0.2, 0) is 4.79 Å². The lowest BCUT2D eigenvalue weighted by atomic mass is 10.2. The first-order valence-corrected chi connectivity index (χ1v) is 8.61. The highest BCUT2D eigenvalue weighted by Crippen LogP contribution is 2.28. The van der Waals surface area contributed by atoms with Crippen molar-refractivity contribution in [1.82, 2.24) is 16.2 Å². The molecule has 1 unspecified atom stereocenters. The average molecular weight is 412 g/mol. The number of hydrazine groups is 1. The molecular formula is C17H15Cl2N3O3S. The van der Waals surface area contributed by atoms with E-state index in [2.05, 4.69) is 16.2 Å². The lowest BCUT2D eigenvalue weighted by molar-refractivity contribution is -0.125. The number of nitrogens with one attached hydrogen (secondary N) is 3. The van der Waals surface area contributed by atoms with Crippen LogP contribution >= 0.6 is 35.4 Å². The molecule has 0 fully saturated rings. The number of benzene rings is 2. The fourth-order valence-corrected chi connectivity index (χ4v) is 2.44. The van der Waals surface area contributed by atoms with Gasteiger partial charge in [-0.15, -0.1) is 0 Å². The molecular weight excluding hydrogens is 397 g/mol. The minimum Gasteiger partial charge on any atom is -0.479 e. The Morgan fingerprint density at radius 3 is 2.42 bits per heavy atom. The van der Waals surface area contributed by atoms with Crippen LogP contribution in [0.4, 0.5) is 0 Å². The minimum absolute atomic E-state index is 0.0723. The highest BCUT2D eigenvalue weighted by atomic mass is 35.5. The van der Waals surface area contributed by atoms with Crippen LogP contribution in [-0.4, -0.2) is 23.0 Å². The number of ether oxygens (including phenoxy) is 1. The van der Waals surface area contributed by atoms with Crippen molar-refractivity contribution in [2.45, 2.75) is 13.0 Å². The summed E-state index contributed by atoms with van der Waals surface area (Å²) in [6.07, 6.45) is -0.877. The quantitative estimate of drug-likeness (QED) is 0.531. The molecule has 136 valence electrons. The number of carbonyl (C=O) groups is 2. The highest BCUT2D eigenvalue weighted by Gasteiger charge is 2.17. The van der Waals surface area contributed by atoms with Gasteiger partial charge >= 0.3 is 0 Å². The number of amides is 2. The molecule has 2 rings (SSSR count). The molecule has 2 aromatic carbocycles. The molecule has 6 nitrogen and oxygen atoms in total. The largest absolute Gasteiger partial charge is 0.479 e. The first-order valence-electron chi connectivity index (χ1n) is 7.44. The van der Waals surface area contributed by atoms with E-state index in [1.54, 1.807) is 42.5 Å². The molecule has 3 N–H and O–H groups in total. The number of hydrogen-bond donors (Lipinski definition) is 3. The molecule has 0 aliphatic rings. The van der Waals surface area contributed by atoms with Gasteiger partial charge in [0.25, 0.3) is 11.8 Å². The third kappa shape index (κ3) is 5.87. The molecule has 26 heavy (non-hydrogen) atoms. The van der Waals surface area contributed by atoms with Gasteiger partial charge in [0, 0.05) is 10.6 Å². The van der Waals surface area contributed by atoms with E-state index in [9.17, 15) is 9.59 Å². The normalized spacial score (nSPS) is 11.2. The molecule has 0 aromatic heterocycles. The molecule has 2 aromatic rings. The second-order valence-electron chi connectivity index (χ2n) is 5.10. The molecule has 2 amide bonds. The van der Waals surface area contributed by atoms with Crippen LogP contribution in [0.25, 0.3) is 0 Å². The van der Waals surface area contributed by atoms with Gasteiger partial charge in [0.2, 0.25) is 0 Å². The Labute approximate surface area is 165 Å². The smallest absolute Gasteiger partial charge is 0.269 e. The minimum atomic E-state index is -0.877. The fourth-order valence-electron chi connectivity index (χ4n) is 1.83. The maximum Gasteiger partial charge on any atom is 0.269 e. The van der Waals surface area contributed by atoms with E-state index in [0.717, 1.165) is 0 Å². The number of halogens is 2. The monoisotopic (exact) mass is 411 g/mol. The first kappa shape index (κ1) is 20.0. The van der Waals surface area contributed by atoms with Gasteiger partial charge in [0.15, 0.2) is 11.2 Å². The van der Waals surface area contributed by atoms with Gasteiger partial charge in [0.05, 0.1) is 5.02 Å². The number of rotatable bonds is 4. The van der Waals surface area contributed by atoms with Gasteiger partial charge < -0.3 is 4.74 Å². The molecule has 0 aliphatic carbocycles. The maximum absolute atomic E-state index is 12.1. The Balaban J connectivity index is 1.82. The van der Waals surface area contributed by atoms with Crippen molar-refractivity contribution >= 4 is 52.3 Å². The lowest BCUT2D eigenvalue weighted by Gasteiger charge is -2.16. The van der Waals surface area contributed by atoms with Crippen LogP contribution in [0, 0.1) is 0 Å². The van der Waals surface area contributed by atoms with E-state index in [-0.39, 0.29) is 16.0 Å². The summed E-state index contributed by atoms with van der Waals surface area (Å²) in [6.45, 7) is 1.53. The van der Waals surface area contributed by atoms with Crippen molar-refractivity contribution in [2.75, 3.05) is 0 Å². The van der Waals surface area contributed by atoms with Crippen LogP contribution in [0.2, 0.25) is 10.0 Å². The number of hydrogen-bond acceptors (Lipinski definition) is 4. The zero-order valence-corrected chi connectivity index (χ0v) is 15.9. The summed E-state index contributed by atoms with van der Waals surface area (Å²) in [5.74, 6) is -0.586. The van der Waals surface area contributed by atoms with Crippen LogP contribution in [0.15, 0.2) is 48.5 Å². The van der Waals surface area contributed by atoms with E-state index in [1.165, 1.54) is 13.0 Å². The van der Waals surface area contributed by atoms with E-state index < -0.39 is 12.0 Å². The molecule has 0 spiro atoms. The SMILES string of the molecule is CC(Oc1ccc(Cl)cc1Cl)C(=O)NC(=S)NNC(=O)c1ccccc1. The molecule has 0 aliphatic heterocycles. The third-order valence-electron chi connectivity index (χ3n) is 3.13. The van der Waals surface area contributed by atoms with Crippen molar-refractivity contribution in [3.05, 3.63) is 64.1 Å². The Morgan fingerprint density at radius 1 is 1.08 bits per heavy atom. The number of thiocarbonyl (C=S) groups is 1.